The first-order chi connectivity index (χ1) is 5.95. The van der Waals surface area contributed by atoms with Gasteiger partial charge in [-0.05, 0) is 12.1 Å². The topological polar surface area (TPSA) is 89.6 Å². The Morgan fingerprint density at radius 1 is 1.46 bits per heavy atom. The standard InChI is InChI=1S/C7H9NO4S/c1-12-7-4-5(13(9,10)11)2-3-6(7)8/h2-4H,8H2,1H3,(H,9,10,11). The van der Waals surface area contributed by atoms with E-state index < -0.39 is 10.1 Å². The molecule has 0 aromatic heterocycles. The maximum Gasteiger partial charge on any atom is 0.294 e. The van der Waals surface area contributed by atoms with Crippen molar-refractivity contribution >= 4 is 15.8 Å². The summed E-state index contributed by atoms with van der Waals surface area (Å²) in [5.41, 5.74) is 5.76. The Balaban J connectivity index is 3.30. The van der Waals surface area contributed by atoms with E-state index >= 15 is 0 Å². The molecule has 0 saturated carbocycles. The lowest BCUT2D eigenvalue weighted by molar-refractivity contribution is 0.414. The maximum atomic E-state index is 10.7. The van der Waals surface area contributed by atoms with Gasteiger partial charge in [0.15, 0.2) is 0 Å². The van der Waals surface area contributed by atoms with Crippen molar-refractivity contribution in [2.45, 2.75) is 4.90 Å². The van der Waals surface area contributed by atoms with Crippen molar-refractivity contribution < 1.29 is 17.7 Å². The molecule has 0 aliphatic heterocycles. The van der Waals surface area contributed by atoms with Gasteiger partial charge in [-0.15, -0.1) is 0 Å². The second kappa shape index (κ2) is 3.23. The summed E-state index contributed by atoms with van der Waals surface area (Å²) < 4.78 is 34.8. The van der Waals surface area contributed by atoms with Gasteiger partial charge in [0.1, 0.15) is 5.75 Å². The van der Waals surface area contributed by atoms with E-state index in [1.54, 1.807) is 0 Å². The fraction of sp³-hybridized carbons (Fsp3) is 0.143. The number of nitrogen functional groups attached to an aromatic ring is 1. The van der Waals surface area contributed by atoms with Gasteiger partial charge in [-0.3, -0.25) is 4.55 Å². The van der Waals surface area contributed by atoms with Crippen LogP contribution < -0.4 is 10.5 Å². The van der Waals surface area contributed by atoms with Crippen LogP contribution in [0.2, 0.25) is 0 Å². The Morgan fingerprint density at radius 3 is 2.54 bits per heavy atom. The van der Waals surface area contributed by atoms with Crippen LogP contribution in [0.1, 0.15) is 0 Å². The molecule has 1 rings (SSSR count). The highest BCUT2D eigenvalue weighted by molar-refractivity contribution is 7.85. The summed E-state index contributed by atoms with van der Waals surface area (Å²) in [6.45, 7) is 0. The second-order valence-corrected chi connectivity index (χ2v) is 3.80. The van der Waals surface area contributed by atoms with Gasteiger partial charge in [-0.2, -0.15) is 8.42 Å². The van der Waals surface area contributed by atoms with E-state index in [0.29, 0.717) is 5.69 Å². The third kappa shape index (κ3) is 2.10. The van der Waals surface area contributed by atoms with Gasteiger partial charge in [0, 0.05) is 6.07 Å². The van der Waals surface area contributed by atoms with Crippen molar-refractivity contribution in [1.82, 2.24) is 0 Å². The molecule has 0 heterocycles. The van der Waals surface area contributed by atoms with Gasteiger partial charge < -0.3 is 10.5 Å². The third-order valence-electron chi connectivity index (χ3n) is 1.50. The predicted octanol–water partition coefficient (Wildman–Crippen LogP) is 0.524. The number of methoxy groups -OCH3 is 1. The van der Waals surface area contributed by atoms with Gasteiger partial charge >= 0.3 is 0 Å². The molecule has 0 aliphatic carbocycles. The van der Waals surface area contributed by atoms with Gasteiger partial charge in [0.2, 0.25) is 0 Å². The second-order valence-electron chi connectivity index (χ2n) is 2.38. The lowest BCUT2D eigenvalue weighted by Gasteiger charge is -2.04. The molecule has 0 atom stereocenters. The van der Waals surface area contributed by atoms with E-state index in [-0.39, 0.29) is 10.6 Å². The molecule has 0 saturated heterocycles. The molecule has 3 N–H and O–H groups in total. The van der Waals surface area contributed by atoms with Gasteiger partial charge in [-0.25, -0.2) is 0 Å². The van der Waals surface area contributed by atoms with Gasteiger partial charge in [0.05, 0.1) is 17.7 Å². The minimum Gasteiger partial charge on any atom is -0.495 e. The number of benzene rings is 1. The highest BCUT2D eigenvalue weighted by atomic mass is 32.2. The zero-order chi connectivity index (χ0) is 10.1. The van der Waals surface area contributed by atoms with E-state index in [1.165, 1.54) is 19.2 Å². The third-order valence-corrected chi connectivity index (χ3v) is 2.35. The van der Waals surface area contributed by atoms with Crippen LogP contribution in [0.3, 0.4) is 0 Å². The van der Waals surface area contributed by atoms with E-state index in [1.807, 2.05) is 0 Å². The summed E-state index contributed by atoms with van der Waals surface area (Å²) >= 11 is 0. The van der Waals surface area contributed by atoms with Crippen LogP contribution in [0.4, 0.5) is 5.69 Å². The zero-order valence-corrected chi connectivity index (χ0v) is 7.71. The molecule has 6 heteroatoms. The van der Waals surface area contributed by atoms with Gasteiger partial charge in [-0.1, -0.05) is 0 Å². The van der Waals surface area contributed by atoms with Crippen LogP contribution in [0.25, 0.3) is 0 Å². The Hall–Kier alpha value is -1.27. The van der Waals surface area contributed by atoms with E-state index in [9.17, 15) is 8.42 Å². The average molecular weight is 203 g/mol. The van der Waals surface area contributed by atoms with Crippen LogP contribution in [0.15, 0.2) is 23.1 Å². The average Bonchev–Trinajstić information content (AvgIpc) is 2.03. The summed E-state index contributed by atoms with van der Waals surface area (Å²) in [6.07, 6.45) is 0. The van der Waals surface area contributed by atoms with E-state index in [0.717, 1.165) is 6.07 Å². The van der Waals surface area contributed by atoms with Crippen LogP contribution in [0, 0.1) is 0 Å². The normalized spacial score (nSPS) is 11.2. The molecule has 0 radical (unpaired) electrons. The predicted molar refractivity (Wildman–Crippen MR) is 47.2 cm³/mol. The minimum absolute atomic E-state index is 0.218. The molecular weight excluding hydrogens is 194 g/mol. The fourth-order valence-corrected chi connectivity index (χ4v) is 1.35. The van der Waals surface area contributed by atoms with E-state index in [4.69, 9.17) is 15.0 Å². The van der Waals surface area contributed by atoms with Crippen LogP contribution in [0.5, 0.6) is 5.75 Å². The molecular formula is C7H9NO4S. The first kappa shape index (κ1) is 9.82. The Bertz CT molecular complexity index is 413. The number of nitrogens with two attached hydrogens (primary N) is 1. The molecule has 1 aromatic rings. The van der Waals surface area contributed by atoms with Crippen molar-refractivity contribution in [3.8, 4) is 5.75 Å². The Kier molecular flexibility index (Phi) is 2.44. The number of hydrogen-bond acceptors (Lipinski definition) is 4. The minimum atomic E-state index is -4.19. The molecule has 0 aliphatic rings. The van der Waals surface area contributed by atoms with Gasteiger partial charge in [0.25, 0.3) is 10.1 Å². The smallest absolute Gasteiger partial charge is 0.294 e. The van der Waals surface area contributed by atoms with Crippen molar-refractivity contribution in [3.05, 3.63) is 18.2 Å². The number of hydrogen-bond donors (Lipinski definition) is 2. The lowest BCUT2D eigenvalue weighted by Crippen LogP contribution is -2.00. The molecule has 0 amide bonds. The molecule has 5 nitrogen and oxygen atoms in total. The first-order valence-corrected chi connectivity index (χ1v) is 4.80. The number of ether oxygens (including phenoxy) is 1. The van der Waals surface area contributed by atoms with Crippen LogP contribution >= 0.6 is 0 Å². The molecule has 0 fully saturated rings. The summed E-state index contributed by atoms with van der Waals surface area (Å²) in [5.74, 6) is 0.218. The van der Waals surface area contributed by atoms with Crippen molar-refractivity contribution in [1.29, 1.82) is 0 Å². The molecule has 13 heavy (non-hydrogen) atoms. The molecule has 0 unspecified atom stereocenters. The SMILES string of the molecule is COc1cc(S(=O)(=O)O)ccc1N. The summed E-state index contributed by atoms with van der Waals surface area (Å²) in [7, 11) is -2.83. The molecule has 0 spiro atoms. The van der Waals surface area contributed by atoms with Crippen LogP contribution in [-0.4, -0.2) is 20.1 Å². The highest BCUT2D eigenvalue weighted by Crippen LogP contribution is 2.24. The number of anilines is 1. The maximum absolute atomic E-state index is 10.7. The highest BCUT2D eigenvalue weighted by Gasteiger charge is 2.11. The molecule has 0 bridgehead atoms. The van der Waals surface area contributed by atoms with Crippen molar-refractivity contribution in [2.75, 3.05) is 12.8 Å². The first-order valence-electron chi connectivity index (χ1n) is 3.36. The quantitative estimate of drug-likeness (QED) is 0.540. The Morgan fingerprint density at radius 2 is 2.08 bits per heavy atom. The zero-order valence-electron chi connectivity index (χ0n) is 6.89. The summed E-state index contributed by atoms with van der Waals surface area (Å²) in [5, 5.41) is 0. The largest absolute Gasteiger partial charge is 0.495 e. The summed E-state index contributed by atoms with van der Waals surface area (Å²) in [6, 6.07) is 3.71. The molecule has 1 aromatic carbocycles. The Labute approximate surface area is 75.9 Å². The lowest BCUT2D eigenvalue weighted by atomic mass is 10.3. The fourth-order valence-electron chi connectivity index (χ4n) is 0.852. The van der Waals surface area contributed by atoms with Crippen molar-refractivity contribution in [2.24, 2.45) is 0 Å². The monoisotopic (exact) mass is 203 g/mol. The van der Waals surface area contributed by atoms with Crippen molar-refractivity contribution in [3.63, 3.8) is 0 Å². The number of rotatable bonds is 2. The summed E-state index contributed by atoms with van der Waals surface area (Å²) in [4.78, 5) is -0.237. The van der Waals surface area contributed by atoms with Crippen LogP contribution in [-0.2, 0) is 10.1 Å². The van der Waals surface area contributed by atoms with E-state index in [2.05, 4.69) is 0 Å². The molecule has 72 valence electrons.